The van der Waals surface area contributed by atoms with Gasteiger partial charge < -0.3 is 5.11 Å². The van der Waals surface area contributed by atoms with E-state index < -0.39 is 0 Å². The first-order valence-corrected chi connectivity index (χ1v) is 5.61. The molecule has 0 spiro atoms. The minimum atomic E-state index is 0.0141. The molecule has 5 heteroatoms. The van der Waals surface area contributed by atoms with Crippen LogP contribution in [-0.4, -0.2) is 36.6 Å². The van der Waals surface area contributed by atoms with Gasteiger partial charge in [0.05, 0.1) is 32.7 Å². The number of nitrogens with zero attached hydrogens (tertiary/aromatic N) is 3. The number of hydrogen-bond acceptors (Lipinski definition) is 2. The summed E-state index contributed by atoms with van der Waals surface area (Å²) in [5.74, 6) is 0.669. The predicted molar refractivity (Wildman–Crippen MR) is 66.5 cm³/mol. The van der Waals surface area contributed by atoms with Gasteiger partial charge in [0.25, 0.3) is 0 Å². The van der Waals surface area contributed by atoms with E-state index in [2.05, 4.69) is 4.99 Å². The number of likely N-dealkylation sites (N-methyl/N-ethyl adjacent to an activating group) is 1. The Morgan fingerprint density at radius 3 is 2.29 bits per heavy atom. The smallest absolute Gasteiger partial charge is 0.182 e. The predicted octanol–water partition coefficient (Wildman–Crippen LogP) is 1.51. The average Bonchev–Trinajstić information content (AvgIpc) is 2.46. The molecule has 1 aromatic rings. The molecule has 0 bridgehead atoms. The van der Waals surface area contributed by atoms with Gasteiger partial charge in [-0.3, -0.25) is 0 Å². The molecule has 90 valence electrons. The Bertz CT molecular complexity index is 491. The van der Waals surface area contributed by atoms with Crippen LogP contribution in [0, 0.1) is 0 Å². The molecule has 0 radical (unpaired) electrons. The van der Waals surface area contributed by atoms with Crippen LogP contribution in [0.5, 0.6) is 0 Å². The van der Waals surface area contributed by atoms with Crippen LogP contribution in [0.3, 0.4) is 0 Å². The molecule has 2 rings (SSSR count). The van der Waals surface area contributed by atoms with Gasteiger partial charge in [-0.2, -0.15) is 0 Å². The molecule has 0 unspecified atom stereocenters. The van der Waals surface area contributed by atoms with Crippen molar-refractivity contribution in [3.8, 4) is 0 Å². The van der Waals surface area contributed by atoms with Gasteiger partial charge in [0, 0.05) is 11.1 Å². The highest BCUT2D eigenvalue weighted by atomic mass is 35.5. The monoisotopic (exact) mass is 251 g/mol. The second-order valence-corrected chi connectivity index (χ2v) is 4.78. The van der Waals surface area contributed by atoms with Crippen LogP contribution in [0.4, 0.5) is 5.69 Å². The molecule has 4 nitrogen and oxygen atoms in total. The Balaban J connectivity index is 2.34. The third kappa shape index (κ3) is 2.14. The van der Waals surface area contributed by atoms with Gasteiger partial charge in [-0.15, -0.1) is 0 Å². The highest BCUT2D eigenvalue weighted by Crippen LogP contribution is 2.22. The summed E-state index contributed by atoms with van der Waals surface area (Å²) in [5.41, 5.74) is 0.780. The summed E-state index contributed by atoms with van der Waals surface area (Å²) < 4.78 is 0.159. The Morgan fingerprint density at radius 2 is 1.82 bits per heavy atom. The molecule has 0 amide bonds. The first-order chi connectivity index (χ1) is 7.91. The van der Waals surface area contributed by atoms with Gasteiger partial charge >= 0.3 is 0 Å². The van der Waals surface area contributed by atoms with Crippen LogP contribution in [0.2, 0.25) is 5.02 Å². The molecule has 0 fully saturated rings. The van der Waals surface area contributed by atoms with Gasteiger partial charge in [-0.05, 0) is 24.3 Å². The molecule has 1 aromatic carbocycles. The SMILES string of the molecule is CN1C(=Nc2ccc(Cl)cc2)C=C([O-])[N+]1(C)C. The van der Waals surface area contributed by atoms with Gasteiger partial charge in [-0.25, -0.2) is 14.6 Å². The van der Waals surface area contributed by atoms with Crippen LogP contribution in [0.15, 0.2) is 41.2 Å². The highest BCUT2D eigenvalue weighted by molar-refractivity contribution is 6.30. The van der Waals surface area contributed by atoms with Crippen molar-refractivity contribution >= 4 is 23.1 Å². The average molecular weight is 252 g/mol. The normalized spacial score (nSPS) is 20.8. The number of rotatable bonds is 1. The second-order valence-electron chi connectivity index (χ2n) is 4.35. The van der Waals surface area contributed by atoms with E-state index in [1.807, 2.05) is 38.3 Å². The maximum atomic E-state index is 11.7. The van der Waals surface area contributed by atoms with E-state index in [1.165, 1.54) is 0 Å². The molecule has 0 saturated heterocycles. The van der Waals surface area contributed by atoms with Crippen molar-refractivity contribution in [3.63, 3.8) is 0 Å². The fraction of sp³-hybridized carbons (Fsp3) is 0.250. The summed E-state index contributed by atoms with van der Waals surface area (Å²) in [6, 6.07) is 7.19. The molecule has 17 heavy (non-hydrogen) atoms. The number of benzene rings is 1. The largest absolute Gasteiger partial charge is 0.829 e. The lowest BCUT2D eigenvalue weighted by molar-refractivity contribution is -0.984. The second kappa shape index (κ2) is 4.05. The van der Waals surface area contributed by atoms with E-state index in [4.69, 9.17) is 11.6 Å². The van der Waals surface area contributed by atoms with E-state index in [9.17, 15) is 5.11 Å². The lowest BCUT2D eigenvalue weighted by Gasteiger charge is -2.35. The molecule has 1 heterocycles. The zero-order valence-corrected chi connectivity index (χ0v) is 10.8. The third-order valence-corrected chi connectivity index (χ3v) is 3.20. The van der Waals surface area contributed by atoms with E-state index in [1.54, 1.807) is 18.2 Å². The van der Waals surface area contributed by atoms with Crippen molar-refractivity contribution in [2.45, 2.75) is 0 Å². The van der Waals surface area contributed by atoms with Gasteiger partial charge in [0.1, 0.15) is 0 Å². The first-order valence-electron chi connectivity index (χ1n) is 5.23. The standard InChI is InChI=1S/C12H14ClN3O/c1-15-11(8-12(17)16(15,2)3)14-10-6-4-9(13)5-7-10/h4-8H,1-3H3. The lowest BCUT2D eigenvalue weighted by Crippen LogP contribution is -2.51. The molecular formula is C12H14ClN3O. The van der Waals surface area contributed by atoms with E-state index in [-0.39, 0.29) is 10.5 Å². The van der Waals surface area contributed by atoms with Crippen molar-refractivity contribution in [1.82, 2.24) is 5.01 Å². The number of quaternary nitrogens is 1. The topological polar surface area (TPSA) is 38.7 Å². The summed E-state index contributed by atoms with van der Waals surface area (Å²) in [5, 5.41) is 14.2. The minimum Gasteiger partial charge on any atom is -0.829 e. The number of amidine groups is 1. The van der Waals surface area contributed by atoms with Crippen molar-refractivity contribution < 1.29 is 9.70 Å². The van der Waals surface area contributed by atoms with Crippen molar-refractivity contribution in [1.29, 1.82) is 0 Å². The van der Waals surface area contributed by atoms with Gasteiger partial charge in [0.2, 0.25) is 0 Å². The van der Waals surface area contributed by atoms with Crippen molar-refractivity contribution in [3.05, 3.63) is 41.2 Å². The fourth-order valence-electron chi connectivity index (χ4n) is 1.52. The molecule has 0 saturated carbocycles. The van der Waals surface area contributed by atoms with Crippen LogP contribution in [-0.2, 0) is 0 Å². The Hall–Kier alpha value is -1.52. The maximum absolute atomic E-state index is 11.7. The highest BCUT2D eigenvalue weighted by Gasteiger charge is 2.31. The van der Waals surface area contributed by atoms with E-state index in [0.29, 0.717) is 10.9 Å². The molecular weight excluding hydrogens is 238 g/mol. The molecule has 0 N–H and O–H groups in total. The molecule has 0 aromatic heterocycles. The van der Waals surface area contributed by atoms with E-state index >= 15 is 0 Å². The van der Waals surface area contributed by atoms with Crippen molar-refractivity contribution in [2.24, 2.45) is 4.99 Å². The number of hydrogen-bond donors (Lipinski definition) is 0. The molecule has 1 aliphatic rings. The van der Waals surface area contributed by atoms with Crippen LogP contribution >= 0.6 is 11.6 Å². The fourth-order valence-corrected chi connectivity index (χ4v) is 1.64. The summed E-state index contributed by atoms with van der Waals surface area (Å²) in [7, 11) is 5.49. The quantitative estimate of drug-likeness (QED) is 0.710. The van der Waals surface area contributed by atoms with Crippen LogP contribution in [0.25, 0.3) is 0 Å². The molecule has 1 aliphatic heterocycles. The summed E-state index contributed by atoms with van der Waals surface area (Å²) in [4.78, 5) is 4.42. The Morgan fingerprint density at radius 1 is 1.24 bits per heavy atom. The van der Waals surface area contributed by atoms with Crippen molar-refractivity contribution in [2.75, 3.05) is 21.1 Å². The van der Waals surface area contributed by atoms with Gasteiger partial charge in [-0.1, -0.05) is 11.6 Å². The van der Waals surface area contributed by atoms with Crippen LogP contribution < -0.4 is 5.11 Å². The minimum absolute atomic E-state index is 0.0141. The summed E-state index contributed by atoms with van der Waals surface area (Å²) in [6.45, 7) is 0. The molecule has 0 aliphatic carbocycles. The van der Waals surface area contributed by atoms with Gasteiger partial charge in [0.15, 0.2) is 5.84 Å². The first kappa shape index (κ1) is 12.0. The Labute approximate surface area is 106 Å². The van der Waals surface area contributed by atoms with E-state index in [0.717, 1.165) is 5.69 Å². The number of halogens is 1. The maximum Gasteiger partial charge on any atom is 0.182 e. The lowest BCUT2D eigenvalue weighted by atomic mass is 10.3. The summed E-state index contributed by atoms with van der Waals surface area (Å²) in [6.07, 6.45) is 1.55. The molecule has 0 atom stereocenters. The third-order valence-electron chi connectivity index (χ3n) is 2.94. The zero-order valence-electron chi connectivity index (χ0n) is 10.0. The Kier molecular flexibility index (Phi) is 2.85. The zero-order chi connectivity index (χ0) is 12.6. The number of aliphatic imine (C=N–C) groups is 1. The summed E-state index contributed by atoms with van der Waals surface area (Å²) >= 11 is 5.80. The van der Waals surface area contributed by atoms with Crippen LogP contribution in [0.1, 0.15) is 0 Å².